The molecule has 1 saturated heterocycles. The molecule has 0 saturated carbocycles. The Morgan fingerprint density at radius 1 is 1.29 bits per heavy atom. The van der Waals surface area contributed by atoms with Crippen molar-refractivity contribution in [2.24, 2.45) is 5.73 Å². The van der Waals surface area contributed by atoms with E-state index in [0.717, 1.165) is 13.1 Å². The molecule has 6 nitrogen and oxygen atoms in total. The van der Waals surface area contributed by atoms with Gasteiger partial charge in [-0.2, -0.15) is 0 Å². The number of halogens is 1. The monoisotopic (exact) mass is 264 g/mol. The highest BCUT2D eigenvalue weighted by molar-refractivity contribution is 5.85. The van der Waals surface area contributed by atoms with Gasteiger partial charge in [0.25, 0.3) is 0 Å². The molecule has 0 aromatic heterocycles. The minimum Gasteiger partial charge on any atom is -0.358 e. The van der Waals surface area contributed by atoms with Gasteiger partial charge in [-0.25, -0.2) is 0 Å². The lowest BCUT2D eigenvalue weighted by atomic mass is 10.2. The molecule has 1 atom stereocenters. The topological polar surface area (TPSA) is 78.7 Å². The maximum atomic E-state index is 11.6. The summed E-state index contributed by atoms with van der Waals surface area (Å²) < 4.78 is 0. The molecule has 17 heavy (non-hydrogen) atoms. The third kappa shape index (κ3) is 4.89. The summed E-state index contributed by atoms with van der Waals surface area (Å²) in [6.07, 6.45) is 0. The van der Waals surface area contributed by atoms with Crippen LogP contribution in [-0.4, -0.2) is 67.4 Å². The first-order valence-corrected chi connectivity index (χ1v) is 5.52. The van der Waals surface area contributed by atoms with E-state index in [4.69, 9.17) is 5.73 Å². The molecule has 3 N–H and O–H groups in total. The number of hydrogen-bond donors (Lipinski definition) is 2. The molecule has 1 heterocycles. The Kier molecular flexibility index (Phi) is 7.10. The van der Waals surface area contributed by atoms with Crippen molar-refractivity contribution in [1.82, 2.24) is 15.1 Å². The number of nitrogens with one attached hydrogen (secondary N) is 1. The normalized spacial score (nSPS) is 18.2. The highest BCUT2D eigenvalue weighted by atomic mass is 35.5. The first kappa shape index (κ1) is 16.1. The molecular weight excluding hydrogens is 244 g/mol. The third-order valence-electron chi connectivity index (χ3n) is 2.72. The van der Waals surface area contributed by atoms with E-state index in [1.807, 2.05) is 4.90 Å². The summed E-state index contributed by atoms with van der Waals surface area (Å²) in [5, 5.41) is 2.58. The van der Waals surface area contributed by atoms with Crippen molar-refractivity contribution >= 4 is 24.2 Å². The first-order valence-electron chi connectivity index (χ1n) is 5.52. The van der Waals surface area contributed by atoms with Crippen molar-refractivity contribution in [2.75, 3.05) is 39.8 Å². The Morgan fingerprint density at radius 2 is 1.82 bits per heavy atom. The van der Waals surface area contributed by atoms with Crippen LogP contribution in [0, 0.1) is 0 Å². The maximum Gasteiger partial charge on any atom is 0.239 e. The minimum absolute atomic E-state index is 0. The Hall–Kier alpha value is -0.850. The SMILES string of the molecule is CNC(=O)CN1CCN(C(=O)C(C)N)CC1.Cl. The van der Waals surface area contributed by atoms with Crippen LogP contribution < -0.4 is 11.1 Å². The van der Waals surface area contributed by atoms with E-state index >= 15 is 0 Å². The third-order valence-corrected chi connectivity index (χ3v) is 2.72. The zero-order chi connectivity index (χ0) is 12.1. The molecule has 1 fully saturated rings. The predicted octanol–water partition coefficient (Wildman–Crippen LogP) is -1.35. The largest absolute Gasteiger partial charge is 0.358 e. The average molecular weight is 265 g/mol. The molecule has 0 aromatic rings. The fraction of sp³-hybridized carbons (Fsp3) is 0.800. The Labute approximate surface area is 108 Å². The highest BCUT2D eigenvalue weighted by Crippen LogP contribution is 2.02. The van der Waals surface area contributed by atoms with E-state index in [9.17, 15) is 9.59 Å². The number of likely N-dealkylation sites (N-methyl/N-ethyl adjacent to an activating group) is 1. The van der Waals surface area contributed by atoms with Gasteiger partial charge in [-0.3, -0.25) is 14.5 Å². The summed E-state index contributed by atoms with van der Waals surface area (Å²) in [7, 11) is 1.62. The molecule has 100 valence electrons. The zero-order valence-corrected chi connectivity index (χ0v) is 11.1. The fourth-order valence-electron chi connectivity index (χ4n) is 1.70. The van der Waals surface area contributed by atoms with Crippen molar-refractivity contribution in [1.29, 1.82) is 0 Å². The van der Waals surface area contributed by atoms with E-state index in [1.165, 1.54) is 0 Å². The summed E-state index contributed by atoms with van der Waals surface area (Å²) in [6.45, 7) is 4.85. The number of nitrogens with two attached hydrogens (primary N) is 1. The maximum absolute atomic E-state index is 11.6. The molecule has 0 radical (unpaired) electrons. The average Bonchev–Trinajstić information content (AvgIpc) is 2.28. The molecule has 1 unspecified atom stereocenters. The fourth-order valence-corrected chi connectivity index (χ4v) is 1.70. The van der Waals surface area contributed by atoms with E-state index in [1.54, 1.807) is 18.9 Å². The van der Waals surface area contributed by atoms with Crippen molar-refractivity contribution in [2.45, 2.75) is 13.0 Å². The molecular formula is C10H21ClN4O2. The van der Waals surface area contributed by atoms with Crippen molar-refractivity contribution < 1.29 is 9.59 Å². The number of carbonyl (C=O) groups excluding carboxylic acids is 2. The second-order valence-electron chi connectivity index (χ2n) is 4.06. The van der Waals surface area contributed by atoms with Crippen LogP contribution in [0.25, 0.3) is 0 Å². The van der Waals surface area contributed by atoms with E-state index in [0.29, 0.717) is 19.6 Å². The standard InChI is InChI=1S/C10H20N4O2.ClH/c1-8(11)10(16)14-5-3-13(4-6-14)7-9(15)12-2;/h8H,3-7,11H2,1-2H3,(H,12,15);1H. The lowest BCUT2D eigenvalue weighted by Crippen LogP contribution is -2.53. The lowest BCUT2D eigenvalue weighted by molar-refractivity contribution is -0.134. The van der Waals surface area contributed by atoms with Crippen LogP contribution in [0.2, 0.25) is 0 Å². The Balaban J connectivity index is 0.00000256. The second kappa shape index (κ2) is 7.47. The molecule has 7 heteroatoms. The minimum atomic E-state index is -0.439. The van der Waals surface area contributed by atoms with Gasteiger partial charge in [0.15, 0.2) is 0 Å². The Bertz CT molecular complexity index is 265. The number of hydrogen-bond acceptors (Lipinski definition) is 4. The predicted molar refractivity (Wildman–Crippen MR) is 68.0 cm³/mol. The van der Waals surface area contributed by atoms with E-state index in [2.05, 4.69) is 5.32 Å². The number of amides is 2. The van der Waals surface area contributed by atoms with Gasteiger partial charge in [0.1, 0.15) is 0 Å². The second-order valence-corrected chi connectivity index (χ2v) is 4.06. The number of piperazine rings is 1. The molecule has 1 aliphatic rings. The van der Waals surface area contributed by atoms with Crippen LogP contribution in [0.15, 0.2) is 0 Å². The van der Waals surface area contributed by atoms with Gasteiger partial charge in [0.2, 0.25) is 11.8 Å². The summed E-state index contributed by atoms with van der Waals surface area (Å²) in [4.78, 5) is 26.5. The van der Waals surface area contributed by atoms with Gasteiger partial charge in [0.05, 0.1) is 12.6 Å². The quantitative estimate of drug-likeness (QED) is 0.660. The van der Waals surface area contributed by atoms with Gasteiger partial charge < -0.3 is 16.0 Å². The van der Waals surface area contributed by atoms with Crippen LogP contribution in [0.5, 0.6) is 0 Å². The summed E-state index contributed by atoms with van der Waals surface area (Å²) in [5.41, 5.74) is 5.53. The van der Waals surface area contributed by atoms with Crippen molar-refractivity contribution in [3.05, 3.63) is 0 Å². The number of nitrogens with zero attached hydrogens (tertiary/aromatic N) is 2. The zero-order valence-electron chi connectivity index (χ0n) is 10.3. The smallest absolute Gasteiger partial charge is 0.239 e. The number of rotatable bonds is 3. The Morgan fingerprint density at radius 3 is 2.24 bits per heavy atom. The molecule has 1 rings (SSSR count). The van der Waals surface area contributed by atoms with Crippen LogP contribution in [0.1, 0.15) is 6.92 Å². The van der Waals surface area contributed by atoms with Gasteiger partial charge in [-0.05, 0) is 6.92 Å². The van der Waals surface area contributed by atoms with E-state index in [-0.39, 0.29) is 24.2 Å². The van der Waals surface area contributed by atoms with Gasteiger partial charge in [-0.1, -0.05) is 0 Å². The van der Waals surface area contributed by atoms with Crippen LogP contribution in [-0.2, 0) is 9.59 Å². The summed E-state index contributed by atoms with van der Waals surface area (Å²) in [5.74, 6) is -0.00781. The van der Waals surface area contributed by atoms with Crippen LogP contribution in [0.4, 0.5) is 0 Å². The highest BCUT2D eigenvalue weighted by Gasteiger charge is 2.23. The molecule has 0 spiro atoms. The van der Waals surface area contributed by atoms with E-state index < -0.39 is 6.04 Å². The molecule has 2 amide bonds. The van der Waals surface area contributed by atoms with Gasteiger partial charge >= 0.3 is 0 Å². The lowest BCUT2D eigenvalue weighted by Gasteiger charge is -2.35. The summed E-state index contributed by atoms with van der Waals surface area (Å²) >= 11 is 0. The van der Waals surface area contributed by atoms with Crippen LogP contribution in [0.3, 0.4) is 0 Å². The van der Waals surface area contributed by atoms with Gasteiger partial charge in [0, 0.05) is 33.2 Å². The molecule has 0 aromatic carbocycles. The number of carbonyl (C=O) groups is 2. The first-order chi connectivity index (χ1) is 7.54. The van der Waals surface area contributed by atoms with Gasteiger partial charge in [-0.15, -0.1) is 12.4 Å². The molecule has 1 aliphatic heterocycles. The van der Waals surface area contributed by atoms with Crippen LogP contribution >= 0.6 is 12.4 Å². The summed E-state index contributed by atoms with van der Waals surface area (Å²) in [6, 6.07) is -0.439. The van der Waals surface area contributed by atoms with Crippen molar-refractivity contribution in [3.63, 3.8) is 0 Å². The molecule has 0 aliphatic carbocycles. The van der Waals surface area contributed by atoms with Crippen molar-refractivity contribution in [3.8, 4) is 0 Å². The molecule has 0 bridgehead atoms.